The number of nitrogens with two attached hydrogens (primary N) is 1. The molecule has 1 heterocycles. The second-order valence-electron chi connectivity index (χ2n) is 5.25. The molecule has 2 rings (SSSR count). The molecule has 0 radical (unpaired) electrons. The molecule has 0 unspecified atom stereocenters. The van der Waals surface area contributed by atoms with Crippen molar-refractivity contribution in [1.29, 1.82) is 0 Å². The summed E-state index contributed by atoms with van der Waals surface area (Å²) in [6.07, 6.45) is 10.8. The van der Waals surface area contributed by atoms with Gasteiger partial charge < -0.3 is 11.1 Å². The summed E-state index contributed by atoms with van der Waals surface area (Å²) < 4.78 is 0.372. The van der Waals surface area contributed by atoms with Crippen molar-refractivity contribution in [2.75, 3.05) is 23.9 Å². The Morgan fingerprint density at radius 2 is 2.11 bits per heavy atom. The van der Waals surface area contributed by atoms with Crippen LogP contribution in [0.5, 0.6) is 0 Å². The minimum Gasteiger partial charge on any atom is -0.396 e. The summed E-state index contributed by atoms with van der Waals surface area (Å²) in [5.74, 6) is 0.833. The van der Waals surface area contributed by atoms with E-state index < -0.39 is 0 Å². The highest BCUT2D eigenvalue weighted by atomic mass is 32.2. The zero-order valence-corrected chi connectivity index (χ0v) is 12.1. The molecule has 1 fully saturated rings. The van der Waals surface area contributed by atoms with E-state index in [2.05, 4.69) is 16.6 Å². The minimum absolute atomic E-state index is 0.372. The van der Waals surface area contributed by atoms with Crippen molar-refractivity contribution >= 4 is 23.3 Å². The number of hydrogen-bond acceptors (Lipinski definition) is 4. The molecule has 0 spiro atoms. The second-order valence-corrected chi connectivity index (χ2v) is 6.53. The Morgan fingerprint density at radius 1 is 1.39 bits per heavy atom. The highest BCUT2D eigenvalue weighted by Gasteiger charge is 2.31. The van der Waals surface area contributed by atoms with Gasteiger partial charge in [0.2, 0.25) is 0 Å². The standard InChI is InChI=1S/C14H23N3S/c1-11-8-12(15)13(16-9-11)17-10-14(18-2)6-4-3-5-7-14/h8-9H,3-7,10,15H2,1-2H3,(H,16,17). The fourth-order valence-electron chi connectivity index (χ4n) is 2.63. The quantitative estimate of drug-likeness (QED) is 0.875. The molecule has 4 heteroatoms. The van der Waals surface area contributed by atoms with Crippen molar-refractivity contribution in [1.82, 2.24) is 4.98 Å². The van der Waals surface area contributed by atoms with Crippen LogP contribution >= 0.6 is 11.8 Å². The Balaban J connectivity index is 2.01. The Kier molecular flexibility index (Phi) is 4.38. The van der Waals surface area contributed by atoms with E-state index in [-0.39, 0.29) is 0 Å². The molecule has 18 heavy (non-hydrogen) atoms. The number of aromatic nitrogens is 1. The predicted molar refractivity (Wildman–Crippen MR) is 81.2 cm³/mol. The molecule has 0 saturated heterocycles. The second kappa shape index (κ2) is 5.83. The van der Waals surface area contributed by atoms with Crippen LogP contribution in [0, 0.1) is 6.92 Å². The van der Waals surface area contributed by atoms with Gasteiger partial charge in [-0.15, -0.1) is 0 Å². The van der Waals surface area contributed by atoms with Gasteiger partial charge in [-0.2, -0.15) is 11.8 Å². The van der Waals surface area contributed by atoms with Gasteiger partial charge in [0.15, 0.2) is 0 Å². The number of nitrogens with zero attached hydrogens (tertiary/aromatic N) is 1. The number of hydrogen-bond donors (Lipinski definition) is 2. The molecule has 100 valence electrons. The fourth-order valence-corrected chi connectivity index (χ4v) is 3.55. The first-order chi connectivity index (χ1) is 8.65. The lowest BCUT2D eigenvalue weighted by Crippen LogP contribution is -2.35. The van der Waals surface area contributed by atoms with Crippen molar-refractivity contribution in [2.45, 2.75) is 43.8 Å². The fraction of sp³-hybridized carbons (Fsp3) is 0.643. The van der Waals surface area contributed by atoms with Crippen LogP contribution in [-0.2, 0) is 0 Å². The molecule has 0 atom stereocenters. The molecule has 0 amide bonds. The normalized spacial score (nSPS) is 18.6. The van der Waals surface area contributed by atoms with Crippen molar-refractivity contribution < 1.29 is 0 Å². The van der Waals surface area contributed by atoms with Crippen LogP contribution < -0.4 is 11.1 Å². The zero-order valence-electron chi connectivity index (χ0n) is 11.3. The number of rotatable bonds is 4. The summed E-state index contributed by atoms with van der Waals surface area (Å²) in [5.41, 5.74) is 7.85. The maximum Gasteiger partial charge on any atom is 0.149 e. The number of anilines is 2. The van der Waals surface area contributed by atoms with Crippen molar-refractivity contribution in [3.8, 4) is 0 Å². The maximum atomic E-state index is 5.99. The summed E-state index contributed by atoms with van der Waals surface area (Å²) in [5, 5.41) is 3.44. The summed E-state index contributed by atoms with van der Waals surface area (Å²) in [6.45, 7) is 2.98. The highest BCUT2D eigenvalue weighted by Crippen LogP contribution is 2.38. The molecule has 1 aliphatic carbocycles. The van der Waals surface area contributed by atoms with Crippen LogP contribution in [0.1, 0.15) is 37.7 Å². The molecular weight excluding hydrogens is 242 g/mol. The maximum absolute atomic E-state index is 5.99. The molecule has 1 saturated carbocycles. The molecule has 0 aromatic carbocycles. The Bertz CT molecular complexity index is 400. The topological polar surface area (TPSA) is 50.9 Å². The van der Waals surface area contributed by atoms with Crippen molar-refractivity contribution in [2.24, 2.45) is 0 Å². The van der Waals surface area contributed by atoms with Gasteiger partial charge in [-0.05, 0) is 37.7 Å². The minimum atomic E-state index is 0.372. The predicted octanol–water partition coefficient (Wildman–Crippen LogP) is 3.45. The zero-order chi connectivity index (χ0) is 13.0. The smallest absolute Gasteiger partial charge is 0.149 e. The summed E-state index contributed by atoms with van der Waals surface area (Å²) >= 11 is 1.99. The van der Waals surface area contributed by atoms with Gasteiger partial charge in [0.1, 0.15) is 5.82 Å². The lowest BCUT2D eigenvalue weighted by molar-refractivity contribution is 0.411. The van der Waals surface area contributed by atoms with Gasteiger partial charge in [-0.3, -0.25) is 0 Å². The van der Waals surface area contributed by atoms with E-state index >= 15 is 0 Å². The van der Waals surface area contributed by atoms with Crippen LogP contribution in [0.25, 0.3) is 0 Å². The lowest BCUT2D eigenvalue weighted by Gasteiger charge is -2.36. The van der Waals surface area contributed by atoms with Crippen LogP contribution in [-0.4, -0.2) is 22.5 Å². The van der Waals surface area contributed by atoms with E-state index in [0.29, 0.717) is 4.75 Å². The largest absolute Gasteiger partial charge is 0.396 e. The van der Waals surface area contributed by atoms with E-state index in [9.17, 15) is 0 Å². The van der Waals surface area contributed by atoms with Gasteiger partial charge in [0, 0.05) is 17.5 Å². The molecular formula is C14H23N3S. The molecule has 3 N–H and O–H groups in total. The Hall–Kier alpha value is -0.900. The summed E-state index contributed by atoms with van der Waals surface area (Å²) in [6, 6.07) is 1.97. The third-order valence-corrected chi connectivity index (χ3v) is 5.25. The number of nitrogen functional groups attached to an aromatic ring is 1. The van der Waals surface area contributed by atoms with Gasteiger partial charge in [-0.25, -0.2) is 4.98 Å². The monoisotopic (exact) mass is 265 g/mol. The van der Waals surface area contributed by atoms with Gasteiger partial charge in [-0.1, -0.05) is 19.3 Å². The van der Waals surface area contributed by atoms with E-state index in [1.54, 1.807) is 0 Å². The first-order valence-corrected chi connectivity index (χ1v) is 7.89. The third-order valence-electron chi connectivity index (χ3n) is 3.83. The number of nitrogens with one attached hydrogen (secondary N) is 1. The van der Waals surface area contributed by atoms with E-state index in [0.717, 1.165) is 23.6 Å². The molecule has 3 nitrogen and oxygen atoms in total. The van der Waals surface area contributed by atoms with E-state index in [4.69, 9.17) is 5.73 Å². The van der Waals surface area contributed by atoms with E-state index in [1.165, 1.54) is 32.1 Å². The first kappa shape index (κ1) is 13.5. The average molecular weight is 265 g/mol. The van der Waals surface area contributed by atoms with Crippen LogP contribution in [0.2, 0.25) is 0 Å². The van der Waals surface area contributed by atoms with Crippen LogP contribution in [0.3, 0.4) is 0 Å². The van der Waals surface area contributed by atoms with Crippen LogP contribution in [0.15, 0.2) is 12.3 Å². The Morgan fingerprint density at radius 3 is 2.72 bits per heavy atom. The molecule has 1 aromatic rings. The molecule has 0 aliphatic heterocycles. The van der Waals surface area contributed by atoms with Gasteiger partial charge in [0.05, 0.1) is 5.69 Å². The van der Waals surface area contributed by atoms with Crippen molar-refractivity contribution in [3.63, 3.8) is 0 Å². The summed E-state index contributed by atoms with van der Waals surface area (Å²) in [7, 11) is 0. The Labute approximate surface area is 114 Å². The number of pyridine rings is 1. The highest BCUT2D eigenvalue weighted by molar-refractivity contribution is 8.00. The molecule has 1 aliphatic rings. The SMILES string of the molecule is CSC1(CNc2ncc(C)cc2N)CCCCC1. The van der Waals surface area contributed by atoms with Gasteiger partial charge in [0.25, 0.3) is 0 Å². The first-order valence-electron chi connectivity index (χ1n) is 6.66. The third kappa shape index (κ3) is 3.10. The molecule has 0 bridgehead atoms. The van der Waals surface area contributed by atoms with Gasteiger partial charge >= 0.3 is 0 Å². The van der Waals surface area contributed by atoms with Crippen LogP contribution in [0.4, 0.5) is 11.5 Å². The van der Waals surface area contributed by atoms with E-state index in [1.807, 2.05) is 30.9 Å². The lowest BCUT2D eigenvalue weighted by atomic mass is 9.88. The van der Waals surface area contributed by atoms with Crippen molar-refractivity contribution in [3.05, 3.63) is 17.8 Å². The average Bonchev–Trinajstić information content (AvgIpc) is 2.39. The number of aryl methyl sites for hydroxylation is 1. The molecule has 1 aromatic heterocycles. The number of thioether (sulfide) groups is 1. The summed E-state index contributed by atoms with van der Waals surface area (Å²) in [4.78, 5) is 4.38.